The molecule has 4 rings (SSSR count). The molecule has 8 nitrogen and oxygen atoms in total. The van der Waals surface area contributed by atoms with E-state index < -0.39 is 23.3 Å². The first-order valence-corrected chi connectivity index (χ1v) is 9.59. The van der Waals surface area contributed by atoms with Gasteiger partial charge in [0, 0.05) is 12.2 Å². The Hall–Kier alpha value is -2.74. The van der Waals surface area contributed by atoms with E-state index in [2.05, 4.69) is 5.32 Å². The number of imide groups is 1. The van der Waals surface area contributed by atoms with Gasteiger partial charge in [-0.05, 0) is 43.9 Å². The lowest BCUT2D eigenvalue weighted by Gasteiger charge is -2.25. The Morgan fingerprint density at radius 3 is 2.50 bits per heavy atom. The topological polar surface area (TPSA) is 113 Å². The summed E-state index contributed by atoms with van der Waals surface area (Å²) in [6, 6.07) is 4.30. The number of fused-ring (bicyclic) bond motifs is 1. The van der Waals surface area contributed by atoms with E-state index in [1.54, 1.807) is 0 Å². The molecule has 28 heavy (non-hydrogen) atoms. The Labute approximate surface area is 161 Å². The lowest BCUT2D eigenvalue weighted by molar-refractivity contribution is -0.144. The fraction of sp³-hybridized carbons (Fsp3) is 0.500. The van der Waals surface area contributed by atoms with Gasteiger partial charge in [0.1, 0.15) is 5.54 Å². The predicted molar refractivity (Wildman–Crippen MR) is 97.1 cm³/mol. The largest absolute Gasteiger partial charge is 0.480 e. The van der Waals surface area contributed by atoms with Crippen LogP contribution in [-0.4, -0.2) is 58.5 Å². The second-order valence-corrected chi connectivity index (χ2v) is 7.66. The summed E-state index contributed by atoms with van der Waals surface area (Å²) in [5.41, 5.74) is -0.659. The molecule has 1 aliphatic carbocycles. The minimum Gasteiger partial charge on any atom is -0.480 e. The standard InChI is InChI=1S/C20H22N2O6/c23-16(21-20(19(26)27)7-1-2-8-20)12-5-6-14-15(10-12)18(25)22(17(14)24)11-13-4-3-9-28-13/h5-6,10,13H,1-4,7-9,11H2,(H,21,23)(H,26,27). The molecule has 1 unspecified atom stereocenters. The molecule has 1 aromatic carbocycles. The number of benzene rings is 1. The van der Waals surface area contributed by atoms with E-state index in [-0.39, 0.29) is 35.2 Å². The number of carboxylic acid groups (broad SMARTS) is 1. The molecule has 1 saturated carbocycles. The van der Waals surface area contributed by atoms with Crippen LogP contribution in [0.2, 0.25) is 0 Å². The SMILES string of the molecule is O=C(NC1(C(=O)O)CCCC1)c1ccc2c(c1)C(=O)N(CC1CCCO1)C2=O. The van der Waals surface area contributed by atoms with Crippen LogP contribution < -0.4 is 5.32 Å². The summed E-state index contributed by atoms with van der Waals surface area (Å²) in [7, 11) is 0. The van der Waals surface area contributed by atoms with Crippen LogP contribution in [0.25, 0.3) is 0 Å². The molecule has 2 fully saturated rings. The molecule has 0 bridgehead atoms. The fourth-order valence-corrected chi connectivity index (χ4v) is 4.25. The second-order valence-electron chi connectivity index (χ2n) is 7.66. The second kappa shape index (κ2) is 7.01. The third-order valence-electron chi connectivity index (χ3n) is 5.86. The summed E-state index contributed by atoms with van der Waals surface area (Å²) in [5, 5.41) is 12.2. The number of hydrogen-bond donors (Lipinski definition) is 2. The molecule has 0 aromatic heterocycles. The molecular weight excluding hydrogens is 364 g/mol. The summed E-state index contributed by atoms with van der Waals surface area (Å²) < 4.78 is 5.51. The third kappa shape index (κ3) is 3.07. The Morgan fingerprint density at radius 2 is 1.86 bits per heavy atom. The van der Waals surface area contributed by atoms with Gasteiger partial charge >= 0.3 is 5.97 Å². The van der Waals surface area contributed by atoms with E-state index in [9.17, 15) is 24.3 Å². The van der Waals surface area contributed by atoms with E-state index in [1.165, 1.54) is 18.2 Å². The molecule has 8 heteroatoms. The van der Waals surface area contributed by atoms with Crippen LogP contribution >= 0.6 is 0 Å². The zero-order valence-corrected chi connectivity index (χ0v) is 15.4. The number of carboxylic acids is 1. The Balaban J connectivity index is 1.54. The fourth-order valence-electron chi connectivity index (χ4n) is 4.25. The minimum absolute atomic E-state index is 0.150. The van der Waals surface area contributed by atoms with Gasteiger partial charge in [0.25, 0.3) is 17.7 Å². The van der Waals surface area contributed by atoms with Gasteiger partial charge in [-0.2, -0.15) is 0 Å². The van der Waals surface area contributed by atoms with Crippen molar-refractivity contribution in [3.8, 4) is 0 Å². The van der Waals surface area contributed by atoms with Gasteiger partial charge in [-0.3, -0.25) is 19.3 Å². The Bertz CT molecular complexity index is 852. The van der Waals surface area contributed by atoms with Crippen LogP contribution in [0.1, 0.15) is 69.6 Å². The van der Waals surface area contributed by atoms with Crippen molar-refractivity contribution in [2.75, 3.05) is 13.2 Å². The lowest BCUT2D eigenvalue weighted by atomic mass is 9.96. The number of nitrogens with zero attached hydrogens (tertiary/aromatic N) is 1. The van der Waals surface area contributed by atoms with Crippen LogP contribution in [0, 0.1) is 0 Å². The van der Waals surface area contributed by atoms with Gasteiger partial charge in [0.05, 0.1) is 23.8 Å². The van der Waals surface area contributed by atoms with Crippen LogP contribution in [0.5, 0.6) is 0 Å². The van der Waals surface area contributed by atoms with E-state index in [4.69, 9.17) is 4.74 Å². The van der Waals surface area contributed by atoms with Crippen LogP contribution in [0.4, 0.5) is 0 Å². The number of amides is 3. The number of rotatable bonds is 5. The van der Waals surface area contributed by atoms with Crippen molar-refractivity contribution in [3.63, 3.8) is 0 Å². The molecular formula is C20H22N2O6. The highest BCUT2D eigenvalue weighted by molar-refractivity contribution is 6.22. The number of ether oxygens (including phenoxy) is 1. The molecule has 2 N–H and O–H groups in total. The average molecular weight is 386 g/mol. The highest BCUT2D eigenvalue weighted by atomic mass is 16.5. The number of carbonyl (C=O) groups is 4. The van der Waals surface area contributed by atoms with Crippen LogP contribution in [-0.2, 0) is 9.53 Å². The lowest BCUT2D eigenvalue weighted by Crippen LogP contribution is -2.52. The Kier molecular flexibility index (Phi) is 4.66. The number of hydrogen-bond acceptors (Lipinski definition) is 5. The van der Waals surface area contributed by atoms with Crippen molar-refractivity contribution in [3.05, 3.63) is 34.9 Å². The molecule has 0 radical (unpaired) electrons. The molecule has 3 aliphatic rings. The molecule has 0 spiro atoms. The first kappa shape index (κ1) is 18.6. The average Bonchev–Trinajstić information content (AvgIpc) is 3.40. The summed E-state index contributed by atoms with van der Waals surface area (Å²) in [6.07, 6.45) is 3.80. The summed E-state index contributed by atoms with van der Waals surface area (Å²) >= 11 is 0. The zero-order valence-electron chi connectivity index (χ0n) is 15.4. The van der Waals surface area contributed by atoms with Crippen molar-refractivity contribution in [1.82, 2.24) is 10.2 Å². The van der Waals surface area contributed by atoms with E-state index in [0.29, 0.717) is 19.4 Å². The van der Waals surface area contributed by atoms with Crippen molar-refractivity contribution in [1.29, 1.82) is 0 Å². The smallest absolute Gasteiger partial charge is 0.329 e. The maximum Gasteiger partial charge on any atom is 0.329 e. The van der Waals surface area contributed by atoms with Gasteiger partial charge in [-0.1, -0.05) is 12.8 Å². The van der Waals surface area contributed by atoms with Crippen LogP contribution in [0.3, 0.4) is 0 Å². The first-order chi connectivity index (χ1) is 13.4. The van der Waals surface area contributed by atoms with Gasteiger partial charge in [-0.15, -0.1) is 0 Å². The molecule has 2 heterocycles. The number of aliphatic carboxylic acids is 1. The van der Waals surface area contributed by atoms with Gasteiger partial charge < -0.3 is 15.2 Å². The van der Waals surface area contributed by atoms with Crippen molar-refractivity contribution >= 4 is 23.7 Å². The van der Waals surface area contributed by atoms with Gasteiger partial charge in [0.2, 0.25) is 0 Å². The molecule has 2 aliphatic heterocycles. The van der Waals surface area contributed by atoms with Gasteiger partial charge in [0.15, 0.2) is 0 Å². The summed E-state index contributed by atoms with van der Waals surface area (Å²) in [6.45, 7) is 0.833. The van der Waals surface area contributed by atoms with Crippen molar-refractivity contribution in [2.45, 2.75) is 50.2 Å². The quantitative estimate of drug-likeness (QED) is 0.743. The summed E-state index contributed by atoms with van der Waals surface area (Å²) in [4.78, 5) is 50.7. The molecule has 3 amide bonds. The number of carbonyl (C=O) groups excluding carboxylic acids is 3. The molecule has 1 atom stereocenters. The monoisotopic (exact) mass is 386 g/mol. The van der Waals surface area contributed by atoms with Crippen LogP contribution in [0.15, 0.2) is 18.2 Å². The zero-order chi connectivity index (χ0) is 19.9. The maximum atomic E-state index is 12.7. The van der Waals surface area contributed by atoms with E-state index in [1.807, 2.05) is 0 Å². The number of nitrogens with one attached hydrogen (secondary N) is 1. The molecule has 1 saturated heterocycles. The predicted octanol–water partition coefficient (Wildman–Crippen LogP) is 1.59. The van der Waals surface area contributed by atoms with E-state index >= 15 is 0 Å². The van der Waals surface area contributed by atoms with Crippen molar-refractivity contribution < 1.29 is 29.0 Å². The van der Waals surface area contributed by atoms with Crippen molar-refractivity contribution in [2.24, 2.45) is 0 Å². The summed E-state index contributed by atoms with van der Waals surface area (Å²) in [5.74, 6) is -2.43. The Morgan fingerprint density at radius 1 is 1.14 bits per heavy atom. The molecule has 1 aromatic rings. The normalized spacial score (nSPS) is 23.1. The third-order valence-corrected chi connectivity index (χ3v) is 5.86. The highest BCUT2D eigenvalue weighted by Crippen LogP contribution is 2.31. The minimum atomic E-state index is -1.26. The van der Waals surface area contributed by atoms with E-state index in [0.717, 1.165) is 30.6 Å². The van der Waals surface area contributed by atoms with Gasteiger partial charge in [-0.25, -0.2) is 4.79 Å². The first-order valence-electron chi connectivity index (χ1n) is 9.59. The maximum absolute atomic E-state index is 12.7. The highest BCUT2D eigenvalue weighted by Gasteiger charge is 2.43. The molecule has 148 valence electrons.